The minimum absolute atomic E-state index is 0.0355. The van der Waals surface area contributed by atoms with Crippen molar-refractivity contribution < 1.29 is 51.0 Å². The fourth-order valence-electron chi connectivity index (χ4n) is 5.16. The lowest BCUT2D eigenvalue weighted by Crippen LogP contribution is -2.50. The summed E-state index contributed by atoms with van der Waals surface area (Å²) in [6.07, 6.45) is -0.883. The largest absolute Gasteiger partial charge is 0.459 e. The summed E-state index contributed by atoms with van der Waals surface area (Å²) in [7, 11) is 0. The van der Waals surface area contributed by atoms with Crippen LogP contribution in [0, 0.1) is 23.3 Å². The first-order chi connectivity index (χ1) is 22.9. The van der Waals surface area contributed by atoms with Crippen LogP contribution < -0.4 is 0 Å². The molecule has 0 aliphatic carbocycles. The van der Waals surface area contributed by atoms with Crippen molar-refractivity contribution in [2.75, 3.05) is 78.5 Å². The molecule has 0 atom stereocenters. The van der Waals surface area contributed by atoms with Gasteiger partial charge in [-0.25, -0.2) is 17.6 Å². The number of esters is 3. The molecule has 0 aromatic heterocycles. The molecule has 1 aliphatic rings. The van der Waals surface area contributed by atoms with Crippen LogP contribution in [0.15, 0.2) is 6.07 Å². The van der Waals surface area contributed by atoms with E-state index < -0.39 is 75.7 Å². The van der Waals surface area contributed by atoms with Gasteiger partial charge in [0, 0.05) is 70.4 Å². The number of ether oxygens (including phenoxy) is 3. The Hall–Kier alpha value is -3.14. The monoisotopic (exact) mass is 718 g/mol. The quantitative estimate of drug-likeness (QED) is 0.153. The topological polar surface area (TPSA) is 109 Å². The summed E-state index contributed by atoms with van der Waals surface area (Å²) in [4.78, 5) is 58.8. The fourth-order valence-corrected chi connectivity index (χ4v) is 5.16. The summed E-state index contributed by atoms with van der Waals surface area (Å²) >= 11 is 0. The van der Waals surface area contributed by atoms with Crippen LogP contribution in [0.4, 0.5) is 17.6 Å². The fraction of sp³-hybridized carbons (Fsp3) is 0.714. The molecule has 1 saturated heterocycles. The van der Waals surface area contributed by atoms with E-state index >= 15 is 0 Å². The molecule has 1 aliphatic heterocycles. The SMILES string of the molecule is CC(C)(C)OC(=O)CN1CCN(CC(=O)Cc2c(F)c(F)cc(F)c2F)CCN(CC(=O)OC(C)(C)C)CCN(CC(=O)OC(C)(C)C)CC1. The van der Waals surface area contributed by atoms with Gasteiger partial charge in [-0.3, -0.25) is 38.8 Å². The van der Waals surface area contributed by atoms with Crippen LogP contribution in [0.25, 0.3) is 0 Å². The van der Waals surface area contributed by atoms with Gasteiger partial charge in [0.25, 0.3) is 0 Å². The number of nitrogens with zero attached hydrogens (tertiary/aromatic N) is 4. The van der Waals surface area contributed by atoms with Crippen LogP contribution in [0.5, 0.6) is 0 Å². The highest BCUT2D eigenvalue weighted by Gasteiger charge is 2.27. The van der Waals surface area contributed by atoms with Gasteiger partial charge in [0.2, 0.25) is 0 Å². The van der Waals surface area contributed by atoms with Crippen LogP contribution in [-0.4, -0.2) is 139 Å². The zero-order valence-electron chi connectivity index (χ0n) is 30.9. The van der Waals surface area contributed by atoms with E-state index in [2.05, 4.69) is 0 Å². The van der Waals surface area contributed by atoms with E-state index in [-0.39, 0.29) is 58.4 Å². The lowest BCUT2D eigenvalue weighted by Gasteiger charge is -2.34. The lowest BCUT2D eigenvalue weighted by atomic mass is 10.1. The van der Waals surface area contributed by atoms with Crippen molar-refractivity contribution in [1.29, 1.82) is 0 Å². The van der Waals surface area contributed by atoms with E-state index in [1.165, 1.54) is 0 Å². The number of ketones is 1. The van der Waals surface area contributed by atoms with Gasteiger partial charge in [-0.1, -0.05) is 0 Å². The molecule has 50 heavy (non-hydrogen) atoms. The number of carbonyl (C=O) groups is 4. The molecule has 0 radical (unpaired) electrons. The Labute approximate surface area is 293 Å². The van der Waals surface area contributed by atoms with Crippen LogP contribution in [0.2, 0.25) is 0 Å². The van der Waals surface area contributed by atoms with Crippen molar-refractivity contribution in [3.8, 4) is 0 Å². The van der Waals surface area contributed by atoms with Gasteiger partial charge in [-0.15, -0.1) is 0 Å². The minimum atomic E-state index is -1.63. The van der Waals surface area contributed by atoms with Crippen molar-refractivity contribution in [1.82, 2.24) is 19.6 Å². The molecule has 0 saturated carbocycles. The highest BCUT2D eigenvalue weighted by molar-refractivity contribution is 5.83. The third kappa shape index (κ3) is 16.7. The van der Waals surface area contributed by atoms with Crippen molar-refractivity contribution in [3.63, 3.8) is 0 Å². The predicted molar refractivity (Wildman–Crippen MR) is 178 cm³/mol. The Morgan fingerprint density at radius 1 is 0.520 bits per heavy atom. The summed E-state index contributed by atoms with van der Waals surface area (Å²) in [5.74, 6) is -8.55. The number of hydrogen-bond donors (Lipinski definition) is 0. The van der Waals surface area contributed by atoms with Gasteiger partial charge in [-0.05, 0) is 62.3 Å². The summed E-state index contributed by atoms with van der Waals surface area (Å²) in [5.41, 5.74) is -3.16. The van der Waals surface area contributed by atoms with Crippen LogP contribution in [-0.2, 0) is 39.8 Å². The second-order valence-electron chi connectivity index (χ2n) is 15.5. The zero-order chi connectivity index (χ0) is 38.0. The number of halogens is 4. The highest BCUT2D eigenvalue weighted by Crippen LogP contribution is 2.20. The maximum absolute atomic E-state index is 14.4. The average Bonchev–Trinajstić information content (AvgIpc) is 2.92. The predicted octanol–water partition coefficient (Wildman–Crippen LogP) is 3.60. The molecule has 0 bridgehead atoms. The molecule has 1 aromatic rings. The zero-order valence-corrected chi connectivity index (χ0v) is 30.9. The van der Waals surface area contributed by atoms with E-state index in [0.717, 1.165) is 0 Å². The van der Waals surface area contributed by atoms with Gasteiger partial charge < -0.3 is 14.2 Å². The lowest BCUT2D eigenvalue weighted by molar-refractivity contribution is -0.158. The number of rotatable bonds is 10. The van der Waals surface area contributed by atoms with E-state index in [1.807, 2.05) is 14.7 Å². The molecule has 11 nitrogen and oxygen atoms in total. The Kier molecular flexibility index (Phi) is 15.8. The van der Waals surface area contributed by atoms with Gasteiger partial charge in [0.1, 0.15) is 16.8 Å². The van der Waals surface area contributed by atoms with Gasteiger partial charge in [0.15, 0.2) is 29.1 Å². The highest BCUT2D eigenvalue weighted by atomic mass is 19.2. The van der Waals surface area contributed by atoms with Gasteiger partial charge in [-0.2, -0.15) is 0 Å². The van der Waals surface area contributed by atoms with E-state index in [1.54, 1.807) is 67.2 Å². The van der Waals surface area contributed by atoms with Crippen molar-refractivity contribution >= 4 is 23.7 Å². The maximum Gasteiger partial charge on any atom is 0.320 e. The van der Waals surface area contributed by atoms with Crippen molar-refractivity contribution in [3.05, 3.63) is 34.9 Å². The smallest absolute Gasteiger partial charge is 0.320 e. The summed E-state index contributed by atoms with van der Waals surface area (Å²) in [6.45, 7) is 17.4. The molecule has 15 heteroatoms. The number of benzene rings is 1. The van der Waals surface area contributed by atoms with Gasteiger partial charge >= 0.3 is 17.9 Å². The second kappa shape index (κ2) is 18.4. The molecule has 0 amide bonds. The molecule has 0 unspecified atom stereocenters. The van der Waals surface area contributed by atoms with Crippen LogP contribution in [0.3, 0.4) is 0 Å². The van der Waals surface area contributed by atoms with Crippen LogP contribution in [0.1, 0.15) is 67.9 Å². The Balaban J connectivity index is 2.36. The van der Waals surface area contributed by atoms with E-state index in [9.17, 15) is 36.7 Å². The molecule has 2 rings (SSSR count). The van der Waals surface area contributed by atoms with Crippen molar-refractivity contribution in [2.45, 2.75) is 85.5 Å². The number of hydrogen-bond acceptors (Lipinski definition) is 11. The first-order valence-corrected chi connectivity index (χ1v) is 16.8. The molecule has 1 fully saturated rings. The van der Waals surface area contributed by atoms with E-state index in [0.29, 0.717) is 26.2 Å². The molecule has 0 spiro atoms. The first kappa shape index (κ1) is 43.0. The summed E-state index contributed by atoms with van der Waals surface area (Å²) in [6, 6.07) is 0.0854. The molecule has 0 N–H and O–H groups in total. The Morgan fingerprint density at radius 3 is 1.04 bits per heavy atom. The average molecular weight is 719 g/mol. The normalized spacial score (nSPS) is 17.1. The minimum Gasteiger partial charge on any atom is -0.459 e. The first-order valence-electron chi connectivity index (χ1n) is 16.8. The summed E-state index contributed by atoms with van der Waals surface area (Å²) < 4.78 is 73.0. The Morgan fingerprint density at radius 2 is 0.780 bits per heavy atom. The number of Topliss-reactive ketones (excluding diaryl/α,β-unsaturated/α-hetero) is 1. The van der Waals surface area contributed by atoms with E-state index in [4.69, 9.17) is 14.2 Å². The van der Waals surface area contributed by atoms with Crippen LogP contribution >= 0.6 is 0 Å². The third-order valence-corrected chi connectivity index (χ3v) is 7.22. The molecular weight excluding hydrogens is 664 g/mol. The summed E-state index contributed by atoms with van der Waals surface area (Å²) in [5, 5.41) is 0. The molecule has 1 aromatic carbocycles. The van der Waals surface area contributed by atoms with Gasteiger partial charge in [0.05, 0.1) is 26.2 Å². The third-order valence-electron chi connectivity index (χ3n) is 7.22. The maximum atomic E-state index is 14.4. The second-order valence-corrected chi connectivity index (χ2v) is 15.5. The van der Waals surface area contributed by atoms with Crippen molar-refractivity contribution in [2.24, 2.45) is 0 Å². The Bertz CT molecular complexity index is 1270. The molecular formula is C35H54F4N4O7. The standard InChI is InChI=1S/C35H54F4N4O7/c1-33(2,3)48-28(45)21-41-12-10-40(20-24(44)18-25-31(38)26(36)19-27(37)32(25)39)11-13-42(22-29(46)49-34(4,5)6)15-17-43(16-14-41)23-30(47)50-35(7,8)9/h19H,10-18,20-23H2,1-9H3. The molecule has 284 valence electrons. The number of carbonyl (C=O) groups excluding carboxylic acids is 4. The molecule has 1 heterocycles.